The van der Waals surface area contributed by atoms with Crippen LogP contribution in [-0.4, -0.2) is 61.5 Å². The summed E-state index contributed by atoms with van der Waals surface area (Å²) in [6, 6.07) is 0. The van der Waals surface area contributed by atoms with Gasteiger partial charge in [-0.25, -0.2) is 0 Å². The molecule has 0 aromatic rings. The molecular formula is C12H8F18O2. The minimum Gasteiger partial charge on any atom is -0.316 e. The Bertz CT molecular complexity index is 564. The molecule has 0 aliphatic carbocycles. The number of rotatable bonds is 11. The first-order valence-corrected chi connectivity index (χ1v) is 7.39. The van der Waals surface area contributed by atoms with Gasteiger partial charge in [0.1, 0.15) is 0 Å². The van der Waals surface area contributed by atoms with Crippen molar-refractivity contribution >= 4 is 0 Å². The van der Waals surface area contributed by atoms with Gasteiger partial charge >= 0.3 is 48.3 Å². The van der Waals surface area contributed by atoms with Crippen LogP contribution in [0.2, 0.25) is 0 Å². The molecule has 0 aliphatic heterocycles. The molecule has 0 heterocycles. The SMILES string of the molecule is FC(F)(F)C(F)(F)C(F)(F)C(F)(F)OCCCCOC(F)(F)C(F)(F)C(F)(F)C(F)(F)F. The van der Waals surface area contributed by atoms with Crippen LogP contribution in [-0.2, 0) is 9.47 Å². The minimum atomic E-state index is -7.30. The first-order chi connectivity index (χ1) is 13.7. The van der Waals surface area contributed by atoms with Crippen molar-refractivity contribution in [2.24, 2.45) is 0 Å². The van der Waals surface area contributed by atoms with Crippen LogP contribution in [0.5, 0.6) is 0 Å². The quantitative estimate of drug-likeness (QED) is 0.222. The normalized spacial score (nSPS) is 15.9. The number of ether oxygens (including phenoxy) is 2. The molecule has 0 bridgehead atoms. The molecule has 0 N–H and O–H groups in total. The Hall–Kier alpha value is -1.34. The Labute approximate surface area is 164 Å². The van der Waals surface area contributed by atoms with Gasteiger partial charge in [-0.15, -0.1) is 0 Å². The van der Waals surface area contributed by atoms with Crippen LogP contribution in [0.25, 0.3) is 0 Å². The topological polar surface area (TPSA) is 18.5 Å². The lowest BCUT2D eigenvalue weighted by molar-refractivity contribution is -0.445. The summed E-state index contributed by atoms with van der Waals surface area (Å²) >= 11 is 0. The summed E-state index contributed by atoms with van der Waals surface area (Å²) in [5.74, 6) is -29.0. The van der Waals surface area contributed by atoms with Crippen molar-refractivity contribution in [1.82, 2.24) is 0 Å². The smallest absolute Gasteiger partial charge is 0.316 e. The molecule has 20 heteroatoms. The average molecular weight is 526 g/mol. The highest BCUT2D eigenvalue weighted by Gasteiger charge is 2.83. The van der Waals surface area contributed by atoms with E-state index in [1.54, 1.807) is 0 Å². The van der Waals surface area contributed by atoms with E-state index in [9.17, 15) is 79.0 Å². The third kappa shape index (κ3) is 5.41. The van der Waals surface area contributed by atoms with Gasteiger partial charge in [-0.3, -0.25) is 0 Å². The average Bonchev–Trinajstić information content (AvgIpc) is 2.55. The molecule has 0 saturated carbocycles. The standard InChI is InChI=1S/C12H8F18O2/c13-5(14,9(21,22)23)7(17,18)11(27,28)31-3-1-2-4-32-12(29,30)8(19,20)6(15,16)10(24,25)26/h1-4H2. The largest absolute Gasteiger partial charge is 0.460 e. The van der Waals surface area contributed by atoms with Crippen molar-refractivity contribution in [1.29, 1.82) is 0 Å². The van der Waals surface area contributed by atoms with Crippen molar-refractivity contribution < 1.29 is 88.5 Å². The summed E-state index contributed by atoms with van der Waals surface area (Å²) in [6.07, 6.45) is -29.9. The number of alkyl halides is 18. The Balaban J connectivity index is 4.92. The monoisotopic (exact) mass is 526 g/mol. The van der Waals surface area contributed by atoms with E-state index in [-0.39, 0.29) is 0 Å². The zero-order valence-electron chi connectivity index (χ0n) is 14.4. The van der Waals surface area contributed by atoms with Crippen LogP contribution in [0, 0.1) is 0 Å². The summed E-state index contributed by atoms with van der Waals surface area (Å²) in [5, 5.41) is 0. The van der Waals surface area contributed by atoms with Gasteiger partial charge in [0.25, 0.3) is 0 Å². The summed E-state index contributed by atoms with van der Waals surface area (Å²) in [4.78, 5) is 0. The zero-order valence-corrected chi connectivity index (χ0v) is 14.4. The van der Waals surface area contributed by atoms with Crippen molar-refractivity contribution in [3.05, 3.63) is 0 Å². The molecule has 0 amide bonds. The molecule has 0 atom stereocenters. The molecule has 0 spiro atoms. The van der Waals surface area contributed by atoms with Gasteiger partial charge in [0, 0.05) is 0 Å². The van der Waals surface area contributed by atoms with Crippen LogP contribution >= 0.6 is 0 Å². The van der Waals surface area contributed by atoms with E-state index < -0.39 is 74.3 Å². The van der Waals surface area contributed by atoms with Gasteiger partial charge < -0.3 is 9.47 Å². The molecule has 0 aromatic carbocycles. The van der Waals surface area contributed by atoms with Gasteiger partial charge in [0.2, 0.25) is 0 Å². The molecule has 0 fully saturated rings. The highest BCUT2D eigenvalue weighted by molar-refractivity contribution is 4.97. The van der Waals surface area contributed by atoms with Crippen LogP contribution in [0.15, 0.2) is 0 Å². The van der Waals surface area contributed by atoms with Crippen LogP contribution in [0.4, 0.5) is 79.0 Å². The van der Waals surface area contributed by atoms with E-state index >= 15 is 0 Å². The Kier molecular flexibility index (Phi) is 8.42. The zero-order chi connectivity index (χ0) is 26.2. The molecule has 32 heavy (non-hydrogen) atoms. The molecule has 2 nitrogen and oxygen atoms in total. The fourth-order valence-electron chi connectivity index (χ4n) is 1.51. The maximum atomic E-state index is 12.9. The van der Waals surface area contributed by atoms with E-state index in [4.69, 9.17) is 0 Å². The molecule has 0 aromatic heterocycles. The highest BCUT2D eigenvalue weighted by Crippen LogP contribution is 2.54. The second-order valence-corrected chi connectivity index (χ2v) is 5.73. The lowest BCUT2D eigenvalue weighted by Gasteiger charge is -2.33. The third-order valence-corrected chi connectivity index (χ3v) is 3.34. The Morgan fingerprint density at radius 3 is 0.750 bits per heavy atom. The van der Waals surface area contributed by atoms with Gasteiger partial charge in [-0.1, -0.05) is 0 Å². The molecule has 194 valence electrons. The first kappa shape index (κ1) is 30.7. The number of hydrogen-bond acceptors (Lipinski definition) is 2. The summed E-state index contributed by atoms with van der Waals surface area (Å²) in [6.45, 7) is -3.83. The van der Waals surface area contributed by atoms with Gasteiger partial charge in [0.05, 0.1) is 13.2 Å². The predicted molar refractivity (Wildman–Crippen MR) is 62.9 cm³/mol. The molecule has 0 rings (SSSR count). The summed E-state index contributed by atoms with van der Waals surface area (Å²) in [7, 11) is 0. The maximum absolute atomic E-state index is 12.9. The van der Waals surface area contributed by atoms with E-state index in [0.717, 1.165) is 0 Å². The van der Waals surface area contributed by atoms with Crippen LogP contribution < -0.4 is 0 Å². The number of unbranched alkanes of at least 4 members (excludes halogenated alkanes) is 1. The van der Waals surface area contributed by atoms with Gasteiger partial charge in [0.15, 0.2) is 0 Å². The van der Waals surface area contributed by atoms with Gasteiger partial charge in [-0.05, 0) is 12.8 Å². The van der Waals surface area contributed by atoms with Crippen LogP contribution in [0.3, 0.4) is 0 Å². The van der Waals surface area contributed by atoms with Crippen molar-refractivity contribution in [2.75, 3.05) is 13.2 Å². The predicted octanol–water partition coefficient (Wildman–Crippen LogP) is 6.65. The fraction of sp³-hybridized carbons (Fsp3) is 1.00. The van der Waals surface area contributed by atoms with E-state index in [0.29, 0.717) is 0 Å². The lowest BCUT2D eigenvalue weighted by Crippen LogP contribution is -2.61. The summed E-state index contributed by atoms with van der Waals surface area (Å²) < 4.78 is 230. The Morgan fingerprint density at radius 1 is 0.344 bits per heavy atom. The molecular weight excluding hydrogens is 518 g/mol. The van der Waals surface area contributed by atoms with Crippen molar-refractivity contribution in [2.45, 2.75) is 61.1 Å². The molecule has 0 radical (unpaired) electrons. The van der Waals surface area contributed by atoms with Crippen LogP contribution in [0.1, 0.15) is 12.8 Å². The van der Waals surface area contributed by atoms with Crippen molar-refractivity contribution in [3.8, 4) is 0 Å². The third-order valence-electron chi connectivity index (χ3n) is 3.34. The number of hydrogen-bond donors (Lipinski definition) is 0. The Morgan fingerprint density at radius 2 is 0.562 bits per heavy atom. The molecule has 0 aliphatic rings. The molecule has 0 unspecified atom stereocenters. The maximum Gasteiger partial charge on any atom is 0.460 e. The summed E-state index contributed by atoms with van der Waals surface area (Å²) in [5.41, 5.74) is 0. The molecule has 0 saturated heterocycles. The fourth-order valence-corrected chi connectivity index (χ4v) is 1.51. The number of halogens is 18. The van der Waals surface area contributed by atoms with Gasteiger partial charge in [-0.2, -0.15) is 79.0 Å². The first-order valence-electron chi connectivity index (χ1n) is 7.39. The lowest BCUT2D eigenvalue weighted by atomic mass is 10.1. The minimum absolute atomic E-state index is 1.30. The van der Waals surface area contributed by atoms with E-state index in [1.165, 1.54) is 0 Å². The van der Waals surface area contributed by atoms with Crippen molar-refractivity contribution in [3.63, 3.8) is 0 Å². The second kappa shape index (κ2) is 8.79. The van der Waals surface area contributed by atoms with E-state index in [1.807, 2.05) is 0 Å². The van der Waals surface area contributed by atoms with E-state index in [2.05, 4.69) is 9.47 Å². The highest BCUT2D eigenvalue weighted by atomic mass is 19.4. The second-order valence-electron chi connectivity index (χ2n) is 5.73.